The Morgan fingerprint density at radius 2 is 1.83 bits per heavy atom. The van der Waals surface area contributed by atoms with Crippen molar-refractivity contribution in [3.63, 3.8) is 0 Å². The van der Waals surface area contributed by atoms with E-state index in [0.717, 1.165) is 44.4 Å². The van der Waals surface area contributed by atoms with Gasteiger partial charge in [-0.3, -0.25) is 5.32 Å². The Morgan fingerprint density at radius 1 is 0.904 bits per heavy atom. The summed E-state index contributed by atoms with van der Waals surface area (Å²) in [6, 6.07) is 0.256. The molecule has 8 unspecified atom stereocenters. The van der Waals surface area contributed by atoms with Gasteiger partial charge in [0.25, 0.3) is 0 Å². The molecule has 2 N–H and O–H groups in total. The fourth-order valence-electron chi connectivity index (χ4n) is 11.4. The van der Waals surface area contributed by atoms with E-state index >= 15 is 0 Å². The van der Waals surface area contributed by atoms with Gasteiger partial charge < -0.3 is 14.6 Å². The molecule has 5 nitrogen and oxygen atoms in total. The highest BCUT2D eigenvalue weighted by atomic mass is 16.5. The molecule has 0 bridgehead atoms. The molecule has 5 heteroatoms. The lowest BCUT2D eigenvalue weighted by molar-refractivity contribution is 0.0708. The Bertz CT molecular complexity index is 1890. The van der Waals surface area contributed by atoms with Crippen LogP contribution in [0.25, 0.3) is 6.08 Å². The molecule has 0 saturated heterocycles. The van der Waals surface area contributed by atoms with Crippen molar-refractivity contribution in [2.75, 3.05) is 0 Å². The predicted octanol–water partition coefficient (Wildman–Crippen LogP) is 9.91. The van der Waals surface area contributed by atoms with Crippen LogP contribution in [0, 0.1) is 29.1 Å². The summed E-state index contributed by atoms with van der Waals surface area (Å²) < 4.78 is 10.1. The molecule has 0 amide bonds. The molecule has 52 heavy (non-hydrogen) atoms. The molecule has 1 aromatic heterocycles. The molecule has 9 atom stereocenters. The summed E-state index contributed by atoms with van der Waals surface area (Å²) in [7, 11) is 0. The fourth-order valence-corrected chi connectivity index (χ4v) is 11.4. The normalized spacial score (nSPS) is 37.6. The molecule has 9 aliphatic rings. The van der Waals surface area contributed by atoms with Gasteiger partial charge >= 0.3 is 0 Å². The van der Waals surface area contributed by atoms with Crippen molar-refractivity contribution in [2.45, 2.75) is 135 Å². The van der Waals surface area contributed by atoms with Gasteiger partial charge in [0.05, 0.1) is 12.2 Å². The van der Waals surface area contributed by atoms with Crippen LogP contribution in [0.2, 0.25) is 0 Å². The highest BCUT2D eigenvalue weighted by Crippen LogP contribution is 2.51. The van der Waals surface area contributed by atoms with Gasteiger partial charge in [-0.15, -0.1) is 0 Å². The number of ether oxygens (including phenoxy) is 1. The zero-order chi connectivity index (χ0) is 34.8. The van der Waals surface area contributed by atoms with E-state index in [1.807, 2.05) is 0 Å². The van der Waals surface area contributed by atoms with Crippen LogP contribution in [0.1, 0.15) is 119 Å². The summed E-state index contributed by atoms with van der Waals surface area (Å²) >= 11 is 0. The number of nitrogens with one attached hydrogen (secondary N) is 2. The standard InChI is InChI=1S/C47H58N4O/c1-30-23-25-38-37-26-24-32(28-41(37)52-43(38)42(30)51-39-21-11-9-19-35(39)36-20-10-12-22-40(36)51)45-48-44(31-14-5-3-6-15-31)49-46(50-45)33-16-13-27-47(2,29-33)34-17-7-4-8-18-34/h7,9,13-14,16-17,19,23-27,30,32,34,37,41-42,45-46,50H,3-6,8,10-12,15,18,20-22,28-29H2,1-2H3,(H,48,49)/t30?,32?,34-,37?,41?,42?,45?,46?,47?/m1/s1. The number of rotatable bonds is 5. The van der Waals surface area contributed by atoms with Crippen molar-refractivity contribution in [1.29, 1.82) is 0 Å². The van der Waals surface area contributed by atoms with Crippen LogP contribution in [0.4, 0.5) is 0 Å². The van der Waals surface area contributed by atoms with Crippen LogP contribution in [0.3, 0.4) is 0 Å². The number of amidine groups is 1. The average molecular weight is 695 g/mol. The van der Waals surface area contributed by atoms with E-state index in [1.54, 1.807) is 17.0 Å². The summed E-state index contributed by atoms with van der Waals surface area (Å²) in [6.07, 6.45) is 47.5. The Labute approximate surface area is 311 Å². The Balaban J connectivity index is 0.922. The lowest BCUT2D eigenvalue weighted by Crippen LogP contribution is -2.59. The highest BCUT2D eigenvalue weighted by Gasteiger charge is 2.46. The minimum absolute atomic E-state index is 0.0174. The summed E-state index contributed by atoms with van der Waals surface area (Å²) in [5.41, 5.74) is 10.7. The number of hydrogen-bond acceptors (Lipinski definition) is 4. The Kier molecular flexibility index (Phi) is 8.50. The van der Waals surface area contributed by atoms with Crippen LogP contribution < -0.4 is 10.6 Å². The van der Waals surface area contributed by atoms with E-state index in [9.17, 15) is 0 Å². The topological polar surface area (TPSA) is 50.6 Å². The molecule has 10 rings (SSSR count). The van der Waals surface area contributed by atoms with Crippen molar-refractivity contribution >= 4 is 11.9 Å². The first-order valence-electron chi connectivity index (χ1n) is 21.1. The third kappa shape index (κ3) is 5.63. The number of allylic oxidation sites excluding steroid dienone is 10. The lowest BCUT2D eigenvalue weighted by atomic mass is 9.67. The minimum atomic E-state index is -0.0174. The summed E-state index contributed by atoms with van der Waals surface area (Å²) in [5.74, 6) is 4.01. The summed E-state index contributed by atoms with van der Waals surface area (Å²) in [4.78, 5) is 5.45. The van der Waals surface area contributed by atoms with Gasteiger partial charge in [0.2, 0.25) is 0 Å². The largest absolute Gasteiger partial charge is 0.491 e. The van der Waals surface area contributed by atoms with Gasteiger partial charge in [0, 0.05) is 34.7 Å². The van der Waals surface area contributed by atoms with Gasteiger partial charge in [-0.05, 0) is 130 Å². The smallest absolute Gasteiger partial charge is 0.127 e. The minimum Gasteiger partial charge on any atom is -0.491 e. The van der Waals surface area contributed by atoms with E-state index in [1.165, 1.54) is 85.8 Å². The fraction of sp³-hybridized carbons (Fsp3) is 0.553. The number of fused-ring (bicyclic) bond motifs is 5. The zero-order valence-electron chi connectivity index (χ0n) is 31.5. The average Bonchev–Trinajstić information content (AvgIpc) is 3.74. The van der Waals surface area contributed by atoms with E-state index in [0.29, 0.717) is 23.7 Å². The van der Waals surface area contributed by atoms with Gasteiger partial charge in [0.1, 0.15) is 23.9 Å². The summed E-state index contributed by atoms with van der Waals surface area (Å²) in [5, 5.41) is 8.03. The first-order valence-corrected chi connectivity index (χ1v) is 21.1. The van der Waals surface area contributed by atoms with Gasteiger partial charge in [-0.2, -0.15) is 0 Å². The molecule has 7 aliphatic carbocycles. The number of aromatic nitrogens is 1. The predicted molar refractivity (Wildman–Crippen MR) is 213 cm³/mol. The number of hydrogen-bond donors (Lipinski definition) is 2. The molecule has 0 spiro atoms. The molecular weight excluding hydrogens is 637 g/mol. The zero-order valence-corrected chi connectivity index (χ0v) is 31.5. The Hall–Kier alpha value is -3.57. The van der Waals surface area contributed by atoms with E-state index < -0.39 is 0 Å². The van der Waals surface area contributed by atoms with Crippen molar-refractivity contribution in [3.8, 4) is 0 Å². The van der Waals surface area contributed by atoms with E-state index in [-0.39, 0.29) is 29.9 Å². The maximum Gasteiger partial charge on any atom is 0.127 e. The molecular formula is C47H58N4O. The molecule has 3 heterocycles. The number of nitrogens with zero attached hydrogens (tertiary/aromatic N) is 2. The maximum atomic E-state index is 7.27. The quantitative estimate of drug-likeness (QED) is 0.302. The SMILES string of the molecule is CC1C=CC2=C(OC3CC(C4NC(C5=CCCCC5)=NC(C5=CC=CC(C)([C@@H]6C=CCCC6)C5)N4)C=CC23)C1n1c2c(c3c1CCCC3)C=CCC2. The van der Waals surface area contributed by atoms with E-state index in [4.69, 9.17) is 9.73 Å². The third-order valence-corrected chi connectivity index (χ3v) is 14.2. The van der Waals surface area contributed by atoms with E-state index in [2.05, 4.69) is 102 Å². The van der Waals surface area contributed by atoms with Crippen LogP contribution in [0.5, 0.6) is 0 Å². The van der Waals surface area contributed by atoms with Crippen molar-refractivity contribution in [1.82, 2.24) is 15.2 Å². The van der Waals surface area contributed by atoms with Crippen LogP contribution >= 0.6 is 0 Å². The summed E-state index contributed by atoms with van der Waals surface area (Å²) in [6.45, 7) is 4.88. The second-order valence-electron chi connectivity index (χ2n) is 17.6. The second kappa shape index (κ2) is 13.4. The maximum absolute atomic E-state index is 7.27. The highest BCUT2D eigenvalue weighted by molar-refractivity contribution is 5.99. The molecule has 0 radical (unpaired) electrons. The first-order chi connectivity index (χ1) is 25.5. The first kappa shape index (κ1) is 33.0. The molecule has 0 fully saturated rings. The Morgan fingerprint density at radius 3 is 2.71 bits per heavy atom. The van der Waals surface area contributed by atoms with Crippen LogP contribution in [0.15, 0.2) is 94.3 Å². The molecule has 272 valence electrons. The molecule has 0 aromatic carbocycles. The molecule has 2 aliphatic heterocycles. The van der Waals surface area contributed by atoms with Crippen molar-refractivity contribution in [2.24, 2.45) is 34.1 Å². The van der Waals surface area contributed by atoms with Crippen LogP contribution in [-0.4, -0.2) is 28.8 Å². The number of aliphatic imine (C=N–C) groups is 1. The molecule has 0 saturated carbocycles. The van der Waals surface area contributed by atoms with Crippen molar-refractivity contribution in [3.05, 3.63) is 112 Å². The molecule has 1 aromatic rings. The van der Waals surface area contributed by atoms with Gasteiger partial charge in [-0.1, -0.05) is 86.8 Å². The third-order valence-electron chi connectivity index (χ3n) is 14.2. The monoisotopic (exact) mass is 694 g/mol. The van der Waals surface area contributed by atoms with Gasteiger partial charge in [-0.25, -0.2) is 4.99 Å². The second-order valence-corrected chi connectivity index (χ2v) is 17.6. The van der Waals surface area contributed by atoms with Crippen LogP contribution in [-0.2, 0) is 24.0 Å². The van der Waals surface area contributed by atoms with Gasteiger partial charge in [0.15, 0.2) is 0 Å². The van der Waals surface area contributed by atoms with Crippen molar-refractivity contribution < 1.29 is 4.74 Å². The lowest BCUT2D eigenvalue weighted by Gasteiger charge is -2.42.